The number of allylic oxidation sites excluding steroid dienone is 1. The fourth-order valence-electron chi connectivity index (χ4n) is 2.88. The van der Waals surface area contributed by atoms with Gasteiger partial charge in [0.1, 0.15) is 5.71 Å². The minimum absolute atomic E-state index is 0.148. The van der Waals surface area contributed by atoms with Gasteiger partial charge in [-0.3, -0.25) is 9.89 Å². The zero-order valence-electron chi connectivity index (χ0n) is 14.0. The lowest BCUT2D eigenvalue weighted by atomic mass is 10.0. The third kappa shape index (κ3) is 2.93. The Bertz CT molecular complexity index is 1120. The molecule has 0 spiro atoms. The van der Waals surface area contributed by atoms with Gasteiger partial charge >= 0.3 is 0 Å². The van der Waals surface area contributed by atoms with Gasteiger partial charge in [0.15, 0.2) is 0 Å². The molecule has 0 aliphatic carbocycles. The van der Waals surface area contributed by atoms with Crippen molar-refractivity contribution in [1.82, 2.24) is 9.78 Å². The fraction of sp³-hybridized carbons (Fsp3) is 0.0500. The molecule has 128 valence electrons. The van der Waals surface area contributed by atoms with Crippen molar-refractivity contribution in [1.29, 1.82) is 0 Å². The van der Waals surface area contributed by atoms with Crippen LogP contribution in [0.25, 0.3) is 11.8 Å². The molecule has 1 N–H and O–H groups in total. The van der Waals surface area contributed by atoms with Gasteiger partial charge < -0.3 is 0 Å². The van der Waals surface area contributed by atoms with E-state index in [1.807, 2.05) is 55.5 Å². The van der Waals surface area contributed by atoms with E-state index in [0.29, 0.717) is 16.3 Å². The van der Waals surface area contributed by atoms with Crippen molar-refractivity contribution in [2.24, 2.45) is 10.2 Å². The highest BCUT2D eigenvalue weighted by Crippen LogP contribution is 2.18. The molecule has 2 aromatic carbocycles. The Balaban J connectivity index is 1.78. The maximum absolute atomic E-state index is 12.9. The van der Waals surface area contributed by atoms with E-state index in [1.165, 1.54) is 4.68 Å². The molecule has 0 radical (unpaired) electrons. The Labute approximate surface area is 155 Å². The third-order valence-electron chi connectivity index (χ3n) is 4.16. The fourth-order valence-corrected chi connectivity index (χ4v) is 3.06. The van der Waals surface area contributed by atoms with E-state index < -0.39 is 0 Å². The van der Waals surface area contributed by atoms with Gasteiger partial charge in [-0.1, -0.05) is 48.0 Å². The smallest absolute Gasteiger partial charge is 0.278 e. The Morgan fingerprint density at radius 3 is 2.69 bits per heavy atom. The van der Waals surface area contributed by atoms with Crippen molar-refractivity contribution in [2.75, 3.05) is 0 Å². The van der Waals surface area contributed by atoms with Gasteiger partial charge in [0.05, 0.1) is 17.5 Å². The number of aryl methyl sites for hydroxylation is 1. The van der Waals surface area contributed by atoms with Crippen LogP contribution in [0.15, 0.2) is 75.2 Å². The van der Waals surface area contributed by atoms with Gasteiger partial charge in [-0.2, -0.15) is 5.10 Å². The number of aromatic amines is 1. The van der Waals surface area contributed by atoms with E-state index >= 15 is 0 Å². The molecule has 1 aliphatic rings. The number of nitrogens with one attached hydrogen (secondary N) is 1. The molecular formula is C20H15ClN4O. The quantitative estimate of drug-likeness (QED) is 0.752. The number of benzene rings is 2. The van der Waals surface area contributed by atoms with Gasteiger partial charge in [-0.25, -0.2) is 4.68 Å². The van der Waals surface area contributed by atoms with Crippen LogP contribution in [0.4, 0.5) is 0 Å². The average Bonchev–Trinajstić information content (AvgIpc) is 3.22. The topological polar surface area (TPSA) is 62.5 Å². The highest BCUT2D eigenvalue weighted by Gasteiger charge is 2.16. The standard InChI is InChI=1S/C20H15ClN4O/c1-13-18(20(26)25(24-13)17-9-5-8-16(21)11-17)10-15-12-22-23-19(15)14-6-3-2-4-7-14/h2-12,24H,1H3. The van der Waals surface area contributed by atoms with Crippen molar-refractivity contribution in [3.63, 3.8) is 0 Å². The van der Waals surface area contributed by atoms with Crippen molar-refractivity contribution in [2.45, 2.75) is 6.92 Å². The summed E-state index contributed by atoms with van der Waals surface area (Å²) in [5, 5.41) is 11.9. The number of H-pyrrole nitrogens is 1. The van der Waals surface area contributed by atoms with E-state index in [-0.39, 0.29) is 5.56 Å². The van der Waals surface area contributed by atoms with Crippen LogP contribution in [0.2, 0.25) is 5.02 Å². The van der Waals surface area contributed by atoms with Crippen molar-refractivity contribution >= 4 is 29.6 Å². The van der Waals surface area contributed by atoms with Crippen molar-refractivity contribution in [3.8, 4) is 5.69 Å². The largest absolute Gasteiger partial charge is 0.295 e. The summed E-state index contributed by atoms with van der Waals surface area (Å²) in [6, 6.07) is 16.9. The molecule has 0 amide bonds. The van der Waals surface area contributed by atoms with E-state index in [9.17, 15) is 4.79 Å². The van der Waals surface area contributed by atoms with Gasteiger partial charge in [0.25, 0.3) is 5.56 Å². The lowest BCUT2D eigenvalue weighted by molar-refractivity contribution is 0.835. The minimum Gasteiger partial charge on any atom is -0.295 e. The van der Waals surface area contributed by atoms with Crippen LogP contribution < -0.4 is 5.56 Å². The summed E-state index contributed by atoms with van der Waals surface area (Å²) < 4.78 is 1.49. The number of hydrogen-bond donors (Lipinski definition) is 1. The molecule has 26 heavy (non-hydrogen) atoms. The molecule has 3 aromatic rings. The summed E-state index contributed by atoms with van der Waals surface area (Å²) in [6.45, 7) is 1.86. The lowest BCUT2D eigenvalue weighted by Crippen LogP contribution is -2.16. The lowest BCUT2D eigenvalue weighted by Gasteiger charge is -2.01. The first kappa shape index (κ1) is 16.3. The number of halogens is 1. The van der Waals surface area contributed by atoms with Gasteiger partial charge in [0.2, 0.25) is 0 Å². The molecule has 1 aliphatic heterocycles. The summed E-state index contributed by atoms with van der Waals surface area (Å²) in [5.41, 5.74) is 4.37. The van der Waals surface area contributed by atoms with Crippen LogP contribution >= 0.6 is 11.6 Å². The van der Waals surface area contributed by atoms with E-state index in [0.717, 1.165) is 22.5 Å². The SMILES string of the molecule is Cc1[nH]n(-c2cccc(Cl)c2)c(=O)c1C=C1C=NN=C1c1ccccc1. The second-order valence-electron chi connectivity index (χ2n) is 5.93. The van der Waals surface area contributed by atoms with Gasteiger partial charge in [-0.05, 0) is 31.2 Å². The Morgan fingerprint density at radius 2 is 1.92 bits per heavy atom. The second kappa shape index (κ2) is 6.61. The molecule has 2 heterocycles. The third-order valence-corrected chi connectivity index (χ3v) is 4.39. The Kier molecular flexibility index (Phi) is 4.14. The summed E-state index contributed by atoms with van der Waals surface area (Å²) in [5.74, 6) is 0. The number of nitrogens with zero attached hydrogens (tertiary/aromatic N) is 3. The average molecular weight is 363 g/mol. The predicted molar refractivity (Wildman–Crippen MR) is 106 cm³/mol. The van der Waals surface area contributed by atoms with Crippen molar-refractivity contribution in [3.05, 3.63) is 92.4 Å². The molecule has 0 saturated heterocycles. The molecule has 0 atom stereocenters. The summed E-state index contributed by atoms with van der Waals surface area (Å²) in [7, 11) is 0. The maximum atomic E-state index is 12.9. The minimum atomic E-state index is -0.148. The Morgan fingerprint density at radius 1 is 1.12 bits per heavy atom. The molecule has 0 saturated carbocycles. The molecular weight excluding hydrogens is 348 g/mol. The predicted octanol–water partition coefficient (Wildman–Crippen LogP) is 4.00. The number of rotatable bonds is 3. The summed E-state index contributed by atoms with van der Waals surface area (Å²) in [4.78, 5) is 12.9. The number of hydrogen-bond acceptors (Lipinski definition) is 3. The highest BCUT2D eigenvalue weighted by atomic mass is 35.5. The van der Waals surface area contributed by atoms with Crippen LogP contribution in [0.1, 0.15) is 16.8 Å². The molecule has 0 bridgehead atoms. The molecule has 0 unspecified atom stereocenters. The van der Waals surface area contributed by atoms with Crippen LogP contribution in [0.3, 0.4) is 0 Å². The summed E-state index contributed by atoms with van der Waals surface area (Å²) in [6.07, 6.45) is 3.48. The first-order valence-electron chi connectivity index (χ1n) is 8.09. The first-order valence-corrected chi connectivity index (χ1v) is 8.47. The molecule has 6 heteroatoms. The zero-order chi connectivity index (χ0) is 18.1. The normalized spacial score (nSPS) is 14.8. The Hall–Kier alpha value is -3.18. The van der Waals surface area contributed by atoms with E-state index in [1.54, 1.807) is 18.3 Å². The van der Waals surface area contributed by atoms with E-state index in [4.69, 9.17) is 11.6 Å². The molecule has 1 aromatic heterocycles. The van der Waals surface area contributed by atoms with Crippen LogP contribution in [-0.4, -0.2) is 21.7 Å². The van der Waals surface area contributed by atoms with E-state index in [2.05, 4.69) is 15.3 Å². The first-order chi connectivity index (χ1) is 12.6. The summed E-state index contributed by atoms with van der Waals surface area (Å²) >= 11 is 6.04. The second-order valence-corrected chi connectivity index (χ2v) is 6.37. The monoisotopic (exact) mass is 362 g/mol. The van der Waals surface area contributed by atoms with Crippen LogP contribution in [0, 0.1) is 6.92 Å². The van der Waals surface area contributed by atoms with Crippen LogP contribution in [-0.2, 0) is 0 Å². The van der Waals surface area contributed by atoms with Crippen LogP contribution in [0.5, 0.6) is 0 Å². The molecule has 5 nitrogen and oxygen atoms in total. The number of aromatic nitrogens is 2. The van der Waals surface area contributed by atoms with Gasteiger partial charge in [-0.15, -0.1) is 5.10 Å². The maximum Gasteiger partial charge on any atom is 0.278 e. The molecule has 4 rings (SSSR count). The molecule has 0 fully saturated rings. The highest BCUT2D eigenvalue weighted by molar-refractivity contribution is 6.30. The van der Waals surface area contributed by atoms with Crippen molar-refractivity contribution < 1.29 is 0 Å². The zero-order valence-corrected chi connectivity index (χ0v) is 14.7. The van der Waals surface area contributed by atoms with Gasteiger partial charge in [0, 0.05) is 21.9 Å².